The number of allylic oxidation sites excluding steroid dienone is 2. The highest BCUT2D eigenvalue weighted by molar-refractivity contribution is 9.10. The summed E-state index contributed by atoms with van der Waals surface area (Å²) in [5, 5.41) is 10.8. The van der Waals surface area contributed by atoms with Crippen molar-refractivity contribution >= 4 is 39.1 Å². The number of imide groups is 1. The van der Waals surface area contributed by atoms with Crippen molar-refractivity contribution < 1.29 is 14.5 Å². The molecule has 22 heavy (non-hydrogen) atoms. The highest BCUT2D eigenvalue weighted by Gasteiger charge is 2.59. The van der Waals surface area contributed by atoms with E-state index in [2.05, 4.69) is 15.9 Å². The highest BCUT2D eigenvalue weighted by atomic mass is 79.9. The largest absolute Gasteiger partial charge is 0.274 e. The molecule has 1 aromatic carbocycles. The Hall–Kier alpha value is -2.02. The molecule has 3 aliphatic rings. The van der Waals surface area contributed by atoms with Crippen molar-refractivity contribution in [2.24, 2.45) is 23.7 Å². The van der Waals surface area contributed by atoms with Crippen LogP contribution in [0.1, 0.15) is 6.42 Å². The van der Waals surface area contributed by atoms with Crippen LogP contribution in [0.3, 0.4) is 0 Å². The first kappa shape index (κ1) is 13.6. The molecule has 6 nitrogen and oxygen atoms in total. The number of fused-ring (bicyclic) bond motifs is 5. The maximum atomic E-state index is 12.7. The number of hydrogen-bond donors (Lipinski definition) is 0. The molecule has 2 fully saturated rings. The van der Waals surface area contributed by atoms with E-state index in [4.69, 9.17) is 0 Å². The normalized spacial score (nSPS) is 32.0. The number of benzene rings is 1. The number of carbonyl (C=O) groups excluding carboxylic acids is 2. The van der Waals surface area contributed by atoms with Gasteiger partial charge in [0.05, 0.1) is 22.4 Å². The quantitative estimate of drug-likeness (QED) is 0.350. The smallest absolute Gasteiger partial charge is 0.270 e. The number of amides is 2. The van der Waals surface area contributed by atoms with Crippen LogP contribution >= 0.6 is 15.9 Å². The summed E-state index contributed by atoms with van der Waals surface area (Å²) in [5.74, 6) is -0.640. The van der Waals surface area contributed by atoms with Gasteiger partial charge in [-0.05, 0) is 40.3 Å². The first-order valence-corrected chi connectivity index (χ1v) is 7.78. The predicted octanol–water partition coefficient (Wildman–Crippen LogP) is 2.67. The maximum Gasteiger partial charge on any atom is 0.270 e. The van der Waals surface area contributed by atoms with Gasteiger partial charge in [0, 0.05) is 16.6 Å². The Bertz CT molecular complexity index is 730. The number of rotatable bonds is 2. The Kier molecular flexibility index (Phi) is 2.78. The second-order valence-electron chi connectivity index (χ2n) is 5.90. The van der Waals surface area contributed by atoms with Crippen molar-refractivity contribution in [1.82, 2.24) is 0 Å². The van der Waals surface area contributed by atoms with Crippen molar-refractivity contribution in [1.29, 1.82) is 0 Å². The van der Waals surface area contributed by atoms with Gasteiger partial charge in [-0.3, -0.25) is 19.7 Å². The van der Waals surface area contributed by atoms with Gasteiger partial charge in [0.15, 0.2) is 0 Å². The number of hydrogen-bond acceptors (Lipinski definition) is 4. The zero-order valence-electron chi connectivity index (χ0n) is 11.3. The van der Waals surface area contributed by atoms with E-state index in [1.165, 1.54) is 23.1 Å². The third-order valence-electron chi connectivity index (χ3n) is 4.85. The Balaban J connectivity index is 1.74. The van der Waals surface area contributed by atoms with Crippen LogP contribution in [0.5, 0.6) is 0 Å². The number of carbonyl (C=O) groups is 2. The molecule has 1 heterocycles. The topological polar surface area (TPSA) is 80.5 Å². The average Bonchev–Trinajstić information content (AvgIpc) is 3.14. The molecule has 4 atom stereocenters. The third kappa shape index (κ3) is 1.65. The first-order valence-electron chi connectivity index (χ1n) is 6.99. The second kappa shape index (κ2) is 4.49. The number of non-ortho nitro benzene ring substituents is 1. The Morgan fingerprint density at radius 2 is 1.73 bits per heavy atom. The van der Waals surface area contributed by atoms with E-state index in [9.17, 15) is 19.7 Å². The highest BCUT2D eigenvalue weighted by Crippen LogP contribution is 2.53. The standard InChI is InChI=1S/C15H11BrN2O4/c16-10-6-9(18(21)22)3-4-11(10)17-14(19)12-7-1-2-8(5-7)13(12)15(17)20/h1-4,6-8,12-13H,5H2/t7-,8-,12+,13+/m0/s1. The van der Waals surface area contributed by atoms with Gasteiger partial charge >= 0.3 is 0 Å². The first-order chi connectivity index (χ1) is 10.5. The molecule has 1 aliphatic heterocycles. The maximum absolute atomic E-state index is 12.7. The molecule has 2 amide bonds. The van der Waals surface area contributed by atoms with Gasteiger partial charge in [-0.15, -0.1) is 0 Å². The number of nitro benzene ring substituents is 1. The molecule has 112 valence electrons. The monoisotopic (exact) mass is 362 g/mol. The minimum atomic E-state index is -0.513. The zero-order chi connectivity index (χ0) is 15.6. The zero-order valence-corrected chi connectivity index (χ0v) is 12.9. The summed E-state index contributed by atoms with van der Waals surface area (Å²) in [6, 6.07) is 4.08. The van der Waals surface area contributed by atoms with Crippen LogP contribution in [-0.4, -0.2) is 16.7 Å². The fourth-order valence-electron chi connectivity index (χ4n) is 3.93. The molecule has 0 spiro atoms. The molecule has 1 saturated carbocycles. The number of nitro groups is 1. The van der Waals surface area contributed by atoms with Crippen molar-refractivity contribution in [3.8, 4) is 0 Å². The number of anilines is 1. The average molecular weight is 363 g/mol. The van der Waals surface area contributed by atoms with Crippen molar-refractivity contribution in [2.45, 2.75) is 6.42 Å². The van der Waals surface area contributed by atoms with Gasteiger partial charge < -0.3 is 0 Å². The lowest BCUT2D eigenvalue weighted by molar-refractivity contribution is -0.384. The number of nitrogens with zero attached hydrogens (tertiary/aromatic N) is 2. The van der Waals surface area contributed by atoms with E-state index in [1.54, 1.807) is 0 Å². The minimum Gasteiger partial charge on any atom is -0.274 e. The van der Waals surface area contributed by atoms with E-state index in [1.807, 2.05) is 12.2 Å². The van der Waals surface area contributed by atoms with E-state index < -0.39 is 4.92 Å². The third-order valence-corrected chi connectivity index (χ3v) is 5.49. The summed E-state index contributed by atoms with van der Waals surface area (Å²) >= 11 is 3.24. The molecule has 4 rings (SSSR count). The second-order valence-corrected chi connectivity index (χ2v) is 6.76. The predicted molar refractivity (Wildman–Crippen MR) is 81.0 cm³/mol. The summed E-state index contributed by atoms with van der Waals surface area (Å²) in [6.07, 6.45) is 4.94. The van der Waals surface area contributed by atoms with Crippen LogP contribution in [0.15, 0.2) is 34.8 Å². The van der Waals surface area contributed by atoms with E-state index >= 15 is 0 Å². The molecular formula is C15H11BrN2O4. The summed E-state index contributed by atoms with van der Waals surface area (Å²) in [7, 11) is 0. The van der Waals surface area contributed by atoms with E-state index in [0.717, 1.165) is 6.42 Å². The Morgan fingerprint density at radius 3 is 2.23 bits per heavy atom. The molecule has 2 bridgehead atoms. The molecule has 0 aromatic heterocycles. The summed E-state index contributed by atoms with van der Waals surface area (Å²) in [4.78, 5) is 36.8. The van der Waals surface area contributed by atoms with Crippen LogP contribution < -0.4 is 4.90 Å². The van der Waals surface area contributed by atoms with Gasteiger partial charge in [0.2, 0.25) is 11.8 Å². The summed E-state index contributed by atoms with van der Waals surface area (Å²) < 4.78 is 0.378. The van der Waals surface area contributed by atoms with Gasteiger partial charge in [-0.2, -0.15) is 0 Å². The summed E-state index contributed by atoms with van der Waals surface area (Å²) in [5.41, 5.74) is 0.297. The molecule has 2 aliphatic carbocycles. The molecule has 0 N–H and O–H groups in total. The van der Waals surface area contributed by atoms with Crippen LogP contribution in [0.2, 0.25) is 0 Å². The molecule has 1 saturated heterocycles. The molecule has 0 unspecified atom stereocenters. The van der Waals surface area contributed by atoms with Crippen molar-refractivity contribution in [3.05, 3.63) is 44.9 Å². The van der Waals surface area contributed by atoms with Gasteiger partial charge in [0.1, 0.15) is 0 Å². The Labute approximate surface area is 134 Å². The fourth-order valence-corrected chi connectivity index (χ4v) is 4.47. The molecule has 0 radical (unpaired) electrons. The lowest BCUT2D eigenvalue weighted by Crippen LogP contribution is -2.33. The fraction of sp³-hybridized carbons (Fsp3) is 0.333. The van der Waals surface area contributed by atoms with Crippen LogP contribution in [-0.2, 0) is 9.59 Å². The molecule has 1 aromatic rings. The van der Waals surface area contributed by atoms with E-state index in [-0.39, 0.29) is 41.2 Å². The minimum absolute atomic E-state index is 0.0864. The van der Waals surface area contributed by atoms with Gasteiger partial charge in [-0.1, -0.05) is 12.2 Å². The number of halogens is 1. The lowest BCUT2D eigenvalue weighted by Gasteiger charge is -2.18. The lowest BCUT2D eigenvalue weighted by atomic mass is 9.85. The molecule has 7 heteroatoms. The molecular weight excluding hydrogens is 352 g/mol. The van der Waals surface area contributed by atoms with E-state index in [0.29, 0.717) is 10.2 Å². The summed E-state index contributed by atoms with van der Waals surface area (Å²) in [6.45, 7) is 0. The SMILES string of the molecule is O=C1[C@H]2[C@H](C(=O)N1c1ccc([N+](=O)[O-])cc1Br)[C@H]1C=C[C@H]2C1. The van der Waals surface area contributed by atoms with Crippen LogP contribution in [0.25, 0.3) is 0 Å². The van der Waals surface area contributed by atoms with Crippen LogP contribution in [0.4, 0.5) is 11.4 Å². The van der Waals surface area contributed by atoms with Crippen LogP contribution in [0, 0.1) is 33.8 Å². The van der Waals surface area contributed by atoms with Gasteiger partial charge in [0.25, 0.3) is 5.69 Å². The van der Waals surface area contributed by atoms with Crippen molar-refractivity contribution in [2.75, 3.05) is 4.90 Å². The Morgan fingerprint density at radius 1 is 1.14 bits per heavy atom. The van der Waals surface area contributed by atoms with Gasteiger partial charge in [-0.25, -0.2) is 4.90 Å². The van der Waals surface area contributed by atoms with Crippen molar-refractivity contribution in [3.63, 3.8) is 0 Å².